The largest absolute Gasteiger partial charge is 0.436 e. The van der Waals surface area contributed by atoms with Crippen LogP contribution in [0.3, 0.4) is 0 Å². The Morgan fingerprint density at radius 1 is 0.739 bits per heavy atom. The molecule has 5 aromatic rings. The van der Waals surface area contributed by atoms with Gasteiger partial charge in [0, 0.05) is 5.12 Å². The minimum Gasteiger partial charge on any atom is -0.436 e. The van der Waals surface area contributed by atoms with E-state index in [9.17, 15) is 0 Å². The quantitative estimate of drug-likeness (QED) is 0.335. The van der Waals surface area contributed by atoms with Crippen LogP contribution in [0.5, 0.6) is 0 Å². The second kappa shape index (κ2) is 4.91. The van der Waals surface area contributed by atoms with Gasteiger partial charge in [-0.1, -0.05) is 56.7 Å². The van der Waals surface area contributed by atoms with Crippen molar-refractivity contribution in [3.8, 4) is 11.2 Å². The van der Waals surface area contributed by atoms with E-state index < -0.39 is 0 Å². The van der Waals surface area contributed by atoms with Crippen LogP contribution in [0.2, 0.25) is 0 Å². The van der Waals surface area contributed by atoms with E-state index in [1.54, 1.807) is 0 Å². The second-order valence-electron chi connectivity index (χ2n) is 5.54. The van der Waals surface area contributed by atoms with Crippen LogP contribution in [0.1, 0.15) is 0 Å². The van der Waals surface area contributed by atoms with Crippen LogP contribution in [0.15, 0.2) is 77.2 Å². The Balaban J connectivity index is 1.75. The van der Waals surface area contributed by atoms with Gasteiger partial charge in [0.25, 0.3) is 0 Å². The zero-order valence-electron chi connectivity index (χ0n) is 12.2. The normalized spacial score (nSPS) is 11.8. The van der Waals surface area contributed by atoms with Gasteiger partial charge in [0.15, 0.2) is 5.58 Å². The molecule has 0 aliphatic carbocycles. The third kappa shape index (κ3) is 2.03. The lowest BCUT2D eigenvalue weighted by molar-refractivity contribution is 0.621. The predicted molar refractivity (Wildman–Crippen MR) is 97.0 cm³/mol. The van der Waals surface area contributed by atoms with E-state index >= 15 is 0 Å². The van der Waals surface area contributed by atoms with E-state index in [-0.39, 0.29) is 0 Å². The Hall–Kier alpha value is -2.70. The summed E-state index contributed by atoms with van der Waals surface area (Å²) in [5, 5.41) is 6.26. The maximum atomic E-state index is 5.90. The first-order valence-electron chi connectivity index (χ1n) is 7.53. The Kier molecular flexibility index (Phi) is 2.73. The second-order valence-corrected chi connectivity index (χ2v) is 6.72. The molecule has 2 aromatic heterocycles. The molecule has 0 saturated carbocycles. The van der Waals surface area contributed by atoms with Crippen molar-refractivity contribution in [3.05, 3.63) is 72.8 Å². The molecule has 0 spiro atoms. The third-order valence-corrected chi connectivity index (χ3v) is 5.32. The first-order chi connectivity index (χ1) is 11.4. The number of para-hydroxylation sites is 2. The number of fused-ring (bicyclic) bond motifs is 4. The Bertz CT molecular complexity index is 1140. The lowest BCUT2D eigenvalue weighted by Crippen LogP contribution is -1.77. The molecule has 0 atom stereocenters. The average Bonchev–Trinajstić information content (AvgIpc) is 3.05. The summed E-state index contributed by atoms with van der Waals surface area (Å²) >= 11 is 0. The fraction of sp³-hybridized carbons (Fsp3) is 0. The van der Waals surface area contributed by atoms with Crippen molar-refractivity contribution in [3.63, 3.8) is 0 Å². The van der Waals surface area contributed by atoms with Crippen molar-refractivity contribution in [1.82, 2.24) is 4.98 Å². The minimum absolute atomic E-state index is 0.711. The number of benzene rings is 3. The van der Waals surface area contributed by atoms with E-state index in [1.807, 2.05) is 24.3 Å². The molecular weight excluding hydrogens is 301 g/mol. The zero-order chi connectivity index (χ0) is 15.2. The lowest BCUT2D eigenvalue weighted by Gasteiger charge is -2.04. The molecule has 108 valence electrons. The molecule has 0 unspecified atom stereocenters. The highest BCUT2D eigenvalue weighted by Gasteiger charge is 2.09. The lowest BCUT2D eigenvalue weighted by atomic mass is 10.1. The number of rotatable bonds is 1. The molecule has 0 amide bonds. The van der Waals surface area contributed by atoms with Crippen molar-refractivity contribution in [2.24, 2.45) is 0 Å². The summed E-state index contributed by atoms with van der Waals surface area (Å²) in [7, 11) is 1.14. The van der Waals surface area contributed by atoms with E-state index in [0.717, 1.165) is 24.6 Å². The molecule has 0 aliphatic rings. The van der Waals surface area contributed by atoms with Crippen molar-refractivity contribution in [1.29, 1.82) is 0 Å². The summed E-state index contributed by atoms with van der Waals surface area (Å²) < 4.78 is 5.90. The van der Waals surface area contributed by atoms with E-state index in [0.29, 0.717) is 5.89 Å². The van der Waals surface area contributed by atoms with Gasteiger partial charge in [0.1, 0.15) is 5.52 Å². The van der Waals surface area contributed by atoms with Crippen LogP contribution in [0.4, 0.5) is 0 Å². The molecular formula is C20H12NOP. The first kappa shape index (κ1) is 12.8. The van der Waals surface area contributed by atoms with Crippen molar-refractivity contribution in [2.75, 3.05) is 0 Å². The summed E-state index contributed by atoms with van der Waals surface area (Å²) in [5.74, 6) is 0.711. The fourth-order valence-electron chi connectivity index (χ4n) is 2.99. The SMILES string of the molecule is c1ccc2c(c1)ccc1pc(-c3nc4ccccc4o3)ccc12. The monoisotopic (exact) mass is 313 g/mol. The Morgan fingerprint density at radius 3 is 2.57 bits per heavy atom. The Morgan fingerprint density at radius 2 is 1.61 bits per heavy atom. The highest BCUT2D eigenvalue weighted by Crippen LogP contribution is 2.37. The molecule has 0 N–H and O–H groups in total. The maximum Gasteiger partial charge on any atom is 0.232 e. The number of oxazole rings is 1. The van der Waals surface area contributed by atoms with Gasteiger partial charge in [-0.2, -0.15) is 0 Å². The smallest absolute Gasteiger partial charge is 0.232 e. The van der Waals surface area contributed by atoms with Crippen molar-refractivity contribution >= 4 is 40.6 Å². The molecule has 3 heteroatoms. The van der Waals surface area contributed by atoms with E-state index in [1.165, 1.54) is 21.3 Å². The zero-order valence-corrected chi connectivity index (χ0v) is 13.1. The molecule has 3 aromatic carbocycles. The van der Waals surface area contributed by atoms with Gasteiger partial charge in [-0.3, -0.25) is 0 Å². The minimum atomic E-state index is 0.711. The number of hydrogen-bond donors (Lipinski definition) is 0. The van der Waals surface area contributed by atoms with Gasteiger partial charge in [0.2, 0.25) is 5.89 Å². The molecule has 23 heavy (non-hydrogen) atoms. The summed E-state index contributed by atoms with van der Waals surface area (Å²) in [5.41, 5.74) is 1.74. The van der Waals surface area contributed by atoms with Gasteiger partial charge in [-0.15, -0.1) is 0 Å². The topological polar surface area (TPSA) is 26.0 Å². The molecule has 0 saturated heterocycles. The molecule has 0 fully saturated rings. The van der Waals surface area contributed by atoms with Gasteiger partial charge in [-0.25, -0.2) is 4.98 Å². The first-order valence-corrected chi connectivity index (χ1v) is 8.42. The van der Waals surface area contributed by atoms with Crippen LogP contribution in [0, 0.1) is 0 Å². The highest BCUT2D eigenvalue weighted by molar-refractivity contribution is 7.40. The van der Waals surface area contributed by atoms with Crippen LogP contribution < -0.4 is 0 Å². The molecule has 0 aliphatic heterocycles. The molecule has 0 radical (unpaired) electrons. The standard InChI is InChI=1S/C20H12NOP/c1-2-6-14-13(5-1)9-11-18-15(14)10-12-19(23-18)20-21-16-7-3-4-8-17(16)22-20/h1-12H. The van der Waals surface area contributed by atoms with Crippen LogP contribution in [-0.4, -0.2) is 4.98 Å². The van der Waals surface area contributed by atoms with Gasteiger partial charge in [-0.05, 0) is 40.4 Å². The molecule has 0 bridgehead atoms. The molecule has 2 heterocycles. The molecule has 5 rings (SSSR count). The summed E-state index contributed by atoms with van der Waals surface area (Å²) in [6.07, 6.45) is 0. The van der Waals surface area contributed by atoms with E-state index in [2.05, 4.69) is 53.5 Å². The summed E-state index contributed by atoms with van der Waals surface area (Å²) in [6.45, 7) is 0. The van der Waals surface area contributed by atoms with Crippen LogP contribution >= 0.6 is 8.19 Å². The van der Waals surface area contributed by atoms with E-state index in [4.69, 9.17) is 4.42 Å². The predicted octanol–water partition coefficient (Wildman–Crippen LogP) is 6.38. The highest BCUT2D eigenvalue weighted by atomic mass is 31.0. The van der Waals surface area contributed by atoms with Crippen molar-refractivity contribution in [2.45, 2.75) is 0 Å². The fourth-order valence-corrected chi connectivity index (χ4v) is 4.05. The van der Waals surface area contributed by atoms with Crippen LogP contribution in [0.25, 0.3) is 43.6 Å². The Labute approximate surface area is 134 Å². The average molecular weight is 313 g/mol. The maximum absolute atomic E-state index is 5.90. The summed E-state index contributed by atoms with van der Waals surface area (Å²) in [6, 6.07) is 25.1. The third-order valence-electron chi connectivity index (χ3n) is 4.11. The van der Waals surface area contributed by atoms with Gasteiger partial charge in [0.05, 0.1) is 5.30 Å². The molecule has 2 nitrogen and oxygen atoms in total. The summed E-state index contributed by atoms with van der Waals surface area (Å²) in [4.78, 5) is 4.61. The number of aromatic nitrogens is 1. The van der Waals surface area contributed by atoms with Crippen molar-refractivity contribution < 1.29 is 4.42 Å². The van der Waals surface area contributed by atoms with Gasteiger partial charge >= 0.3 is 0 Å². The number of hydrogen-bond acceptors (Lipinski definition) is 2. The van der Waals surface area contributed by atoms with Gasteiger partial charge < -0.3 is 4.42 Å². The van der Waals surface area contributed by atoms with Crippen LogP contribution in [-0.2, 0) is 0 Å². The number of nitrogens with zero attached hydrogens (tertiary/aromatic N) is 1.